The predicted molar refractivity (Wildman–Crippen MR) is 86.1 cm³/mol. The summed E-state index contributed by atoms with van der Waals surface area (Å²) in [6, 6.07) is 1.33. The van der Waals surface area contributed by atoms with Crippen LogP contribution in [-0.4, -0.2) is 39.0 Å². The van der Waals surface area contributed by atoms with Gasteiger partial charge >= 0.3 is 0 Å². The van der Waals surface area contributed by atoms with Crippen molar-refractivity contribution < 1.29 is 13.5 Å². The molecule has 0 radical (unpaired) electrons. The van der Waals surface area contributed by atoms with Gasteiger partial charge in [0.25, 0.3) is 6.43 Å². The van der Waals surface area contributed by atoms with Crippen molar-refractivity contribution in [3.05, 3.63) is 23.7 Å². The van der Waals surface area contributed by atoms with Crippen molar-refractivity contribution >= 4 is 5.95 Å². The number of alkyl halides is 2. The first-order valence-corrected chi connectivity index (χ1v) is 8.14. The Bertz CT molecular complexity index is 698. The van der Waals surface area contributed by atoms with Crippen LogP contribution in [0.3, 0.4) is 0 Å². The summed E-state index contributed by atoms with van der Waals surface area (Å²) < 4.78 is 33.7. The number of aromatic nitrogens is 4. The lowest BCUT2D eigenvalue weighted by Gasteiger charge is -2.12. The minimum atomic E-state index is -2.66. The fourth-order valence-electron chi connectivity index (χ4n) is 2.82. The minimum absolute atomic E-state index is 0.0804. The molecule has 1 fully saturated rings. The van der Waals surface area contributed by atoms with Crippen LogP contribution >= 0.6 is 0 Å². The van der Waals surface area contributed by atoms with E-state index >= 15 is 0 Å². The third-order valence-electron chi connectivity index (χ3n) is 4.16. The van der Waals surface area contributed by atoms with Gasteiger partial charge in [-0.1, -0.05) is 0 Å². The zero-order chi connectivity index (χ0) is 17.1. The van der Waals surface area contributed by atoms with Crippen molar-refractivity contribution in [2.75, 3.05) is 18.5 Å². The zero-order valence-electron chi connectivity index (χ0n) is 13.8. The third kappa shape index (κ3) is 3.53. The standard InChI is InChI=1S/C16H21F2N5O/c1-3-23-10(2)12(9-20-23)13-7-14(15(17)18)22-16(21-13)19-8-11-5-4-6-24-11/h7,9,11,15H,3-6,8H2,1-2H3,(H,19,21,22)/t11-/m0/s1. The van der Waals surface area contributed by atoms with Crippen LogP contribution in [0.5, 0.6) is 0 Å². The molecule has 8 heteroatoms. The molecule has 6 nitrogen and oxygen atoms in total. The molecule has 0 saturated carbocycles. The van der Waals surface area contributed by atoms with Gasteiger partial charge in [0.1, 0.15) is 5.69 Å². The number of ether oxygens (including phenoxy) is 1. The first kappa shape index (κ1) is 16.8. The lowest BCUT2D eigenvalue weighted by Crippen LogP contribution is -2.20. The average molecular weight is 337 g/mol. The van der Waals surface area contributed by atoms with Crippen LogP contribution < -0.4 is 5.32 Å². The summed E-state index contributed by atoms with van der Waals surface area (Å²) in [7, 11) is 0. The van der Waals surface area contributed by atoms with Gasteiger partial charge in [0.2, 0.25) is 5.95 Å². The highest BCUT2D eigenvalue weighted by atomic mass is 19.3. The minimum Gasteiger partial charge on any atom is -0.376 e. The normalized spacial score (nSPS) is 17.6. The Hall–Kier alpha value is -2.09. The van der Waals surface area contributed by atoms with Crippen LogP contribution in [0.1, 0.15) is 37.6 Å². The Balaban J connectivity index is 1.88. The van der Waals surface area contributed by atoms with Gasteiger partial charge in [-0.15, -0.1) is 0 Å². The third-order valence-corrected chi connectivity index (χ3v) is 4.16. The lowest BCUT2D eigenvalue weighted by atomic mass is 10.1. The molecular formula is C16H21F2N5O. The van der Waals surface area contributed by atoms with Gasteiger partial charge < -0.3 is 10.1 Å². The van der Waals surface area contributed by atoms with Crippen LogP contribution in [0, 0.1) is 6.92 Å². The fraction of sp³-hybridized carbons (Fsp3) is 0.562. The topological polar surface area (TPSA) is 64.9 Å². The molecule has 0 aliphatic carbocycles. The van der Waals surface area contributed by atoms with Crippen molar-refractivity contribution in [2.45, 2.75) is 45.8 Å². The van der Waals surface area contributed by atoms with Crippen molar-refractivity contribution in [1.82, 2.24) is 19.7 Å². The Morgan fingerprint density at radius 3 is 2.88 bits per heavy atom. The van der Waals surface area contributed by atoms with Crippen LogP contribution in [0.15, 0.2) is 12.3 Å². The van der Waals surface area contributed by atoms with Gasteiger partial charge in [-0.05, 0) is 32.8 Å². The number of rotatable bonds is 6. The molecule has 0 aromatic carbocycles. The van der Waals surface area contributed by atoms with E-state index in [1.165, 1.54) is 6.07 Å². The summed E-state index contributed by atoms with van der Waals surface area (Å²) in [5, 5.41) is 7.28. The zero-order valence-corrected chi connectivity index (χ0v) is 13.8. The lowest BCUT2D eigenvalue weighted by molar-refractivity contribution is 0.120. The second kappa shape index (κ2) is 7.21. The number of nitrogens with one attached hydrogen (secondary N) is 1. The monoisotopic (exact) mass is 337 g/mol. The second-order valence-electron chi connectivity index (χ2n) is 5.78. The van der Waals surface area contributed by atoms with Gasteiger partial charge in [0.05, 0.1) is 18.0 Å². The summed E-state index contributed by atoms with van der Waals surface area (Å²) in [5.41, 5.74) is 1.79. The van der Waals surface area contributed by atoms with E-state index in [9.17, 15) is 8.78 Å². The molecule has 1 saturated heterocycles. The smallest absolute Gasteiger partial charge is 0.280 e. The number of hydrogen-bond donors (Lipinski definition) is 1. The quantitative estimate of drug-likeness (QED) is 0.877. The average Bonchev–Trinajstić information content (AvgIpc) is 3.22. The number of halogens is 2. The molecule has 3 heterocycles. The van der Waals surface area contributed by atoms with Crippen molar-refractivity contribution in [3.63, 3.8) is 0 Å². The maximum atomic E-state index is 13.2. The van der Waals surface area contributed by atoms with Crippen molar-refractivity contribution in [3.8, 4) is 11.3 Å². The number of nitrogens with zero attached hydrogens (tertiary/aromatic N) is 4. The highest BCUT2D eigenvalue weighted by molar-refractivity contribution is 5.62. The molecule has 1 N–H and O–H groups in total. The molecule has 0 unspecified atom stereocenters. The van der Waals surface area contributed by atoms with E-state index in [0.29, 0.717) is 18.8 Å². The Morgan fingerprint density at radius 1 is 1.42 bits per heavy atom. The summed E-state index contributed by atoms with van der Waals surface area (Å²) in [6.45, 7) is 5.84. The maximum absolute atomic E-state index is 13.2. The van der Waals surface area contributed by atoms with Gasteiger partial charge in [0.15, 0.2) is 0 Å². The van der Waals surface area contributed by atoms with Gasteiger partial charge in [-0.25, -0.2) is 18.7 Å². The fourth-order valence-corrected chi connectivity index (χ4v) is 2.82. The van der Waals surface area contributed by atoms with E-state index in [1.807, 2.05) is 13.8 Å². The van der Waals surface area contributed by atoms with E-state index in [0.717, 1.165) is 30.7 Å². The molecule has 0 bridgehead atoms. The van der Waals surface area contributed by atoms with Gasteiger partial charge in [-0.3, -0.25) is 4.68 Å². The van der Waals surface area contributed by atoms with Crippen LogP contribution in [0.2, 0.25) is 0 Å². The molecule has 1 aliphatic heterocycles. The van der Waals surface area contributed by atoms with E-state index in [4.69, 9.17) is 4.74 Å². The van der Waals surface area contributed by atoms with E-state index in [-0.39, 0.29) is 17.7 Å². The van der Waals surface area contributed by atoms with Crippen LogP contribution in [0.4, 0.5) is 14.7 Å². The maximum Gasteiger partial charge on any atom is 0.280 e. The largest absolute Gasteiger partial charge is 0.376 e. The Labute approximate surface area is 139 Å². The molecule has 1 atom stereocenters. The van der Waals surface area contributed by atoms with E-state index in [1.54, 1.807) is 10.9 Å². The molecule has 1 aliphatic rings. The highest BCUT2D eigenvalue weighted by Gasteiger charge is 2.19. The number of aryl methyl sites for hydroxylation is 1. The predicted octanol–water partition coefficient (Wildman–Crippen LogP) is 3.20. The molecule has 0 spiro atoms. The van der Waals surface area contributed by atoms with E-state index < -0.39 is 6.43 Å². The van der Waals surface area contributed by atoms with Gasteiger partial charge in [-0.2, -0.15) is 5.10 Å². The summed E-state index contributed by atoms with van der Waals surface area (Å²) >= 11 is 0. The number of hydrogen-bond acceptors (Lipinski definition) is 5. The second-order valence-corrected chi connectivity index (χ2v) is 5.78. The molecular weight excluding hydrogens is 316 g/mol. The van der Waals surface area contributed by atoms with Crippen LogP contribution in [-0.2, 0) is 11.3 Å². The summed E-state index contributed by atoms with van der Waals surface area (Å²) in [6.07, 6.45) is 1.05. The Kier molecular flexibility index (Phi) is 5.03. The van der Waals surface area contributed by atoms with Crippen LogP contribution in [0.25, 0.3) is 11.3 Å². The van der Waals surface area contributed by atoms with E-state index in [2.05, 4.69) is 20.4 Å². The molecule has 2 aromatic rings. The summed E-state index contributed by atoms with van der Waals surface area (Å²) in [4.78, 5) is 8.31. The molecule has 130 valence electrons. The summed E-state index contributed by atoms with van der Waals surface area (Å²) in [5.74, 6) is 0.196. The van der Waals surface area contributed by atoms with Gasteiger partial charge in [0, 0.05) is 31.0 Å². The molecule has 24 heavy (non-hydrogen) atoms. The first-order chi connectivity index (χ1) is 11.6. The van der Waals surface area contributed by atoms with Crippen molar-refractivity contribution in [1.29, 1.82) is 0 Å². The van der Waals surface area contributed by atoms with Crippen molar-refractivity contribution in [2.24, 2.45) is 0 Å². The number of anilines is 1. The SMILES string of the molecule is CCn1ncc(-c2cc(C(F)F)nc(NC[C@@H]3CCCO3)n2)c1C. The molecule has 3 rings (SSSR count). The Morgan fingerprint density at radius 2 is 2.25 bits per heavy atom. The molecule has 2 aromatic heterocycles. The molecule has 0 amide bonds. The first-order valence-electron chi connectivity index (χ1n) is 8.14. The highest BCUT2D eigenvalue weighted by Crippen LogP contribution is 2.27.